The highest BCUT2D eigenvalue weighted by Gasteiger charge is 2.38. The van der Waals surface area contributed by atoms with E-state index in [-0.39, 0.29) is 17.9 Å². The fourth-order valence-electron chi connectivity index (χ4n) is 2.86. The summed E-state index contributed by atoms with van der Waals surface area (Å²) in [4.78, 5) is 26.4. The van der Waals surface area contributed by atoms with Crippen LogP contribution in [-0.2, 0) is 9.59 Å². The Kier molecular flexibility index (Phi) is 4.49. The van der Waals surface area contributed by atoms with E-state index >= 15 is 0 Å². The Morgan fingerprint density at radius 3 is 2.86 bits per heavy atom. The maximum Gasteiger partial charge on any atom is 0.239 e. The lowest BCUT2D eigenvalue weighted by Crippen LogP contribution is -2.43. The normalized spacial score (nSPS) is 22.7. The number of halogens is 1. The first kappa shape index (κ1) is 15.5. The van der Waals surface area contributed by atoms with E-state index < -0.39 is 5.92 Å². The number of anilines is 1. The monoisotopic (exact) mass is 365 g/mol. The Hall–Kier alpha value is -1.40. The number of nitrogens with zero attached hydrogens (tertiary/aromatic N) is 1. The molecular formula is C16H20BrN3O2. The molecule has 2 unspecified atom stereocenters. The number of nitrogens with two attached hydrogens (primary N) is 1. The van der Waals surface area contributed by atoms with Crippen LogP contribution in [0.1, 0.15) is 19.3 Å². The number of hydrogen-bond donors (Lipinski definition) is 2. The summed E-state index contributed by atoms with van der Waals surface area (Å²) in [7, 11) is 0. The zero-order valence-electron chi connectivity index (χ0n) is 12.3. The second-order valence-corrected chi connectivity index (χ2v) is 6.97. The van der Waals surface area contributed by atoms with Crippen molar-refractivity contribution < 1.29 is 9.59 Å². The van der Waals surface area contributed by atoms with Crippen LogP contribution in [0.2, 0.25) is 0 Å². The lowest BCUT2D eigenvalue weighted by molar-refractivity contribution is -0.132. The molecule has 0 bridgehead atoms. The first-order valence-electron chi connectivity index (χ1n) is 7.66. The topological polar surface area (TPSA) is 75.4 Å². The van der Waals surface area contributed by atoms with Crippen molar-refractivity contribution in [2.24, 2.45) is 17.6 Å². The molecule has 1 aliphatic heterocycles. The van der Waals surface area contributed by atoms with Crippen LogP contribution in [-0.4, -0.2) is 30.9 Å². The van der Waals surface area contributed by atoms with E-state index in [1.165, 1.54) is 0 Å². The Morgan fingerprint density at radius 1 is 1.41 bits per heavy atom. The third-order valence-corrected chi connectivity index (χ3v) is 4.87. The van der Waals surface area contributed by atoms with Crippen LogP contribution in [0.25, 0.3) is 0 Å². The van der Waals surface area contributed by atoms with Crippen LogP contribution in [0.4, 0.5) is 5.69 Å². The average Bonchev–Trinajstić information content (AvgIpc) is 3.27. The number of benzene rings is 1. The summed E-state index contributed by atoms with van der Waals surface area (Å²) in [5.41, 5.74) is 6.80. The van der Waals surface area contributed by atoms with Crippen molar-refractivity contribution in [2.75, 3.05) is 18.0 Å². The van der Waals surface area contributed by atoms with Gasteiger partial charge in [-0.3, -0.25) is 9.59 Å². The Morgan fingerprint density at radius 2 is 2.18 bits per heavy atom. The molecule has 2 atom stereocenters. The van der Waals surface area contributed by atoms with E-state index in [0.29, 0.717) is 25.4 Å². The molecule has 1 saturated carbocycles. The summed E-state index contributed by atoms with van der Waals surface area (Å²) in [6.07, 6.45) is 2.85. The molecule has 0 spiro atoms. The van der Waals surface area contributed by atoms with Gasteiger partial charge in [0.25, 0.3) is 0 Å². The first-order chi connectivity index (χ1) is 10.6. The van der Waals surface area contributed by atoms with Gasteiger partial charge >= 0.3 is 0 Å². The van der Waals surface area contributed by atoms with Gasteiger partial charge in [-0.15, -0.1) is 0 Å². The minimum absolute atomic E-state index is 0.0154. The highest BCUT2D eigenvalue weighted by atomic mass is 79.9. The zero-order chi connectivity index (χ0) is 15.7. The molecule has 3 rings (SSSR count). The van der Waals surface area contributed by atoms with Crippen molar-refractivity contribution in [3.63, 3.8) is 0 Å². The van der Waals surface area contributed by atoms with Crippen molar-refractivity contribution in [3.05, 3.63) is 28.7 Å². The third-order valence-electron chi connectivity index (χ3n) is 4.38. The second kappa shape index (κ2) is 6.38. The van der Waals surface area contributed by atoms with Gasteiger partial charge in [0.1, 0.15) is 5.92 Å². The lowest BCUT2D eigenvalue weighted by atomic mass is 10.1. The van der Waals surface area contributed by atoms with Crippen LogP contribution in [0.3, 0.4) is 0 Å². The second-order valence-electron chi connectivity index (χ2n) is 6.06. The van der Waals surface area contributed by atoms with Crippen LogP contribution < -0.4 is 16.0 Å². The van der Waals surface area contributed by atoms with E-state index in [2.05, 4.69) is 21.2 Å². The van der Waals surface area contributed by atoms with Crippen molar-refractivity contribution in [2.45, 2.75) is 25.3 Å². The number of amides is 2. The Labute approximate surface area is 138 Å². The van der Waals surface area contributed by atoms with E-state index in [1.807, 2.05) is 24.3 Å². The maximum absolute atomic E-state index is 12.5. The molecule has 2 aliphatic rings. The summed E-state index contributed by atoms with van der Waals surface area (Å²) in [5.74, 6) is -0.377. The molecule has 1 saturated heterocycles. The molecule has 5 nitrogen and oxygen atoms in total. The number of carbonyl (C=O) groups is 2. The quantitative estimate of drug-likeness (QED) is 0.779. The first-order valence-corrected chi connectivity index (χ1v) is 8.46. The number of carbonyl (C=O) groups excluding carboxylic acids is 2. The molecule has 0 aromatic heterocycles. The molecule has 1 aliphatic carbocycles. The van der Waals surface area contributed by atoms with Crippen LogP contribution in [0, 0.1) is 11.8 Å². The predicted molar refractivity (Wildman–Crippen MR) is 88.3 cm³/mol. The van der Waals surface area contributed by atoms with Gasteiger partial charge in [-0.1, -0.05) is 22.0 Å². The SMILES string of the molecule is NC(CNC(=O)C1CCN(c2cccc(Br)c2)C1=O)C1CC1. The van der Waals surface area contributed by atoms with Gasteiger partial charge in [0.15, 0.2) is 0 Å². The highest BCUT2D eigenvalue weighted by Crippen LogP contribution is 2.31. The Bertz CT molecular complexity index is 589. The van der Waals surface area contributed by atoms with Crippen LogP contribution in [0.5, 0.6) is 0 Å². The molecule has 2 amide bonds. The lowest BCUT2D eigenvalue weighted by Gasteiger charge is -2.17. The summed E-state index contributed by atoms with van der Waals surface area (Å²) < 4.78 is 0.918. The van der Waals surface area contributed by atoms with E-state index in [1.54, 1.807) is 4.90 Å². The van der Waals surface area contributed by atoms with Gasteiger partial charge in [0, 0.05) is 29.3 Å². The molecular weight excluding hydrogens is 346 g/mol. The molecule has 0 radical (unpaired) electrons. The van der Waals surface area contributed by atoms with Gasteiger partial charge < -0.3 is 16.0 Å². The summed E-state index contributed by atoms with van der Waals surface area (Å²) in [6, 6.07) is 7.58. The van der Waals surface area contributed by atoms with Crippen molar-refractivity contribution in [3.8, 4) is 0 Å². The van der Waals surface area contributed by atoms with Gasteiger partial charge in [-0.25, -0.2) is 0 Å². The molecule has 6 heteroatoms. The summed E-state index contributed by atoms with van der Waals surface area (Å²) in [5, 5.41) is 2.84. The minimum Gasteiger partial charge on any atom is -0.354 e. The average molecular weight is 366 g/mol. The maximum atomic E-state index is 12.5. The highest BCUT2D eigenvalue weighted by molar-refractivity contribution is 9.10. The molecule has 1 heterocycles. The van der Waals surface area contributed by atoms with E-state index in [9.17, 15) is 9.59 Å². The Balaban J connectivity index is 1.59. The van der Waals surface area contributed by atoms with Crippen molar-refractivity contribution in [1.29, 1.82) is 0 Å². The van der Waals surface area contributed by atoms with E-state index in [0.717, 1.165) is 23.0 Å². The van der Waals surface area contributed by atoms with Gasteiger partial charge in [-0.05, 0) is 43.4 Å². The van der Waals surface area contributed by atoms with Gasteiger partial charge in [0.05, 0.1) is 0 Å². The fourth-order valence-corrected chi connectivity index (χ4v) is 3.24. The van der Waals surface area contributed by atoms with Gasteiger partial charge in [-0.2, -0.15) is 0 Å². The number of nitrogens with one attached hydrogen (secondary N) is 1. The number of hydrogen-bond acceptors (Lipinski definition) is 3. The molecule has 1 aromatic carbocycles. The summed E-state index contributed by atoms with van der Waals surface area (Å²) >= 11 is 3.40. The zero-order valence-corrected chi connectivity index (χ0v) is 13.9. The third kappa shape index (κ3) is 3.33. The molecule has 118 valence electrons. The van der Waals surface area contributed by atoms with Crippen LogP contribution in [0.15, 0.2) is 28.7 Å². The minimum atomic E-state index is -0.592. The molecule has 22 heavy (non-hydrogen) atoms. The summed E-state index contributed by atoms with van der Waals surface area (Å²) in [6.45, 7) is 1.03. The molecule has 2 fully saturated rings. The number of rotatable bonds is 5. The molecule has 3 N–H and O–H groups in total. The standard InChI is InChI=1S/C16H20BrN3O2/c17-11-2-1-3-12(8-11)20-7-6-13(16(20)22)15(21)19-9-14(18)10-4-5-10/h1-3,8,10,13-14H,4-7,9,18H2,(H,19,21). The van der Waals surface area contributed by atoms with Gasteiger partial charge in [0.2, 0.25) is 11.8 Å². The van der Waals surface area contributed by atoms with Crippen molar-refractivity contribution >= 4 is 33.4 Å². The smallest absolute Gasteiger partial charge is 0.239 e. The predicted octanol–water partition coefficient (Wildman–Crippen LogP) is 1.66. The van der Waals surface area contributed by atoms with E-state index in [4.69, 9.17) is 5.73 Å². The van der Waals surface area contributed by atoms with Crippen molar-refractivity contribution in [1.82, 2.24) is 5.32 Å². The fraction of sp³-hybridized carbons (Fsp3) is 0.500. The molecule has 1 aromatic rings. The largest absolute Gasteiger partial charge is 0.354 e. The van der Waals surface area contributed by atoms with Crippen LogP contribution >= 0.6 is 15.9 Å².